The highest BCUT2D eigenvalue weighted by molar-refractivity contribution is 6.04. The average Bonchev–Trinajstić information content (AvgIpc) is 2.56. The van der Waals surface area contributed by atoms with Crippen LogP contribution in [-0.4, -0.2) is 23.3 Å². The molecule has 2 aromatic rings. The Balaban J connectivity index is 1.71. The molecule has 1 N–H and O–H groups in total. The first kappa shape index (κ1) is 14.3. The minimum Gasteiger partial charge on any atom is -0.312 e. The summed E-state index contributed by atoms with van der Waals surface area (Å²) >= 11 is 0. The number of carbonyl (C=O) groups excluding carboxylic acids is 2. The first-order valence-electron chi connectivity index (χ1n) is 7.37. The molecule has 112 valence electrons. The second kappa shape index (κ2) is 6.39. The quantitative estimate of drug-likeness (QED) is 0.947. The minimum atomic E-state index is -0.213. The van der Waals surface area contributed by atoms with Crippen molar-refractivity contribution in [2.45, 2.75) is 19.3 Å². The molecular formula is C17H17N3O2. The summed E-state index contributed by atoms with van der Waals surface area (Å²) in [6, 6.07) is 12.4. The van der Waals surface area contributed by atoms with Crippen molar-refractivity contribution in [2.24, 2.45) is 0 Å². The maximum atomic E-state index is 12.1. The predicted octanol–water partition coefficient (Wildman–Crippen LogP) is 2.85. The molecule has 1 aliphatic heterocycles. The van der Waals surface area contributed by atoms with Gasteiger partial charge in [0.25, 0.3) is 5.91 Å². The number of nitrogens with zero attached hydrogens (tertiary/aromatic N) is 2. The molecule has 2 amide bonds. The molecule has 0 unspecified atom stereocenters. The lowest BCUT2D eigenvalue weighted by atomic mass is 10.1. The number of amides is 2. The van der Waals surface area contributed by atoms with Gasteiger partial charge in [0.05, 0.1) is 0 Å². The predicted molar refractivity (Wildman–Crippen MR) is 84.8 cm³/mol. The van der Waals surface area contributed by atoms with Gasteiger partial charge in [-0.05, 0) is 49.2 Å². The highest BCUT2D eigenvalue weighted by Gasteiger charge is 2.19. The topological polar surface area (TPSA) is 62.3 Å². The van der Waals surface area contributed by atoms with Crippen LogP contribution in [0.25, 0.3) is 0 Å². The summed E-state index contributed by atoms with van der Waals surface area (Å²) in [6.07, 6.45) is 4.20. The largest absolute Gasteiger partial charge is 0.312 e. The van der Waals surface area contributed by atoms with Gasteiger partial charge in [-0.25, -0.2) is 4.98 Å². The van der Waals surface area contributed by atoms with Gasteiger partial charge in [-0.1, -0.05) is 6.07 Å². The summed E-state index contributed by atoms with van der Waals surface area (Å²) in [5.74, 6) is 0.454. The third kappa shape index (κ3) is 3.14. The number of pyridine rings is 1. The van der Waals surface area contributed by atoms with E-state index in [-0.39, 0.29) is 11.8 Å². The molecule has 1 aromatic heterocycles. The van der Waals surface area contributed by atoms with E-state index in [4.69, 9.17) is 0 Å². The van der Waals surface area contributed by atoms with Crippen molar-refractivity contribution in [3.05, 3.63) is 54.2 Å². The van der Waals surface area contributed by atoms with Crippen molar-refractivity contribution >= 4 is 23.3 Å². The van der Waals surface area contributed by atoms with Crippen LogP contribution < -0.4 is 10.2 Å². The van der Waals surface area contributed by atoms with Crippen LogP contribution in [0.5, 0.6) is 0 Å². The van der Waals surface area contributed by atoms with Gasteiger partial charge in [-0.2, -0.15) is 0 Å². The number of hydrogen-bond acceptors (Lipinski definition) is 3. The fourth-order valence-electron chi connectivity index (χ4n) is 2.50. The maximum Gasteiger partial charge on any atom is 0.256 e. The van der Waals surface area contributed by atoms with Gasteiger partial charge in [0.2, 0.25) is 5.91 Å². The molecular weight excluding hydrogens is 278 g/mol. The zero-order chi connectivity index (χ0) is 15.4. The molecule has 2 heterocycles. The molecule has 1 saturated heterocycles. The fraction of sp³-hybridized carbons (Fsp3) is 0.235. The Morgan fingerprint density at radius 3 is 2.59 bits per heavy atom. The van der Waals surface area contributed by atoms with Crippen LogP contribution in [0.2, 0.25) is 0 Å². The van der Waals surface area contributed by atoms with Gasteiger partial charge in [0.1, 0.15) is 5.82 Å². The first-order chi connectivity index (χ1) is 10.7. The molecule has 0 radical (unpaired) electrons. The first-order valence-corrected chi connectivity index (χ1v) is 7.37. The maximum absolute atomic E-state index is 12.1. The van der Waals surface area contributed by atoms with E-state index < -0.39 is 0 Å². The van der Waals surface area contributed by atoms with Crippen LogP contribution in [0.4, 0.5) is 11.5 Å². The molecule has 22 heavy (non-hydrogen) atoms. The number of rotatable bonds is 3. The summed E-state index contributed by atoms with van der Waals surface area (Å²) < 4.78 is 0. The number of aromatic nitrogens is 1. The fourth-order valence-corrected chi connectivity index (χ4v) is 2.50. The molecule has 0 atom stereocenters. The van der Waals surface area contributed by atoms with E-state index in [0.29, 0.717) is 17.8 Å². The Hall–Kier alpha value is -2.69. The average molecular weight is 295 g/mol. The second-order valence-electron chi connectivity index (χ2n) is 5.22. The van der Waals surface area contributed by atoms with E-state index in [9.17, 15) is 9.59 Å². The summed E-state index contributed by atoms with van der Waals surface area (Å²) in [7, 11) is 0. The second-order valence-corrected chi connectivity index (χ2v) is 5.22. The molecule has 1 fully saturated rings. The number of piperidine rings is 1. The van der Waals surface area contributed by atoms with Crippen LogP contribution in [0.3, 0.4) is 0 Å². The summed E-state index contributed by atoms with van der Waals surface area (Å²) in [5.41, 5.74) is 1.39. The molecule has 0 saturated carbocycles. The summed E-state index contributed by atoms with van der Waals surface area (Å²) in [5, 5.41) is 2.74. The molecule has 3 rings (SSSR count). The highest BCUT2D eigenvalue weighted by atomic mass is 16.2. The summed E-state index contributed by atoms with van der Waals surface area (Å²) in [4.78, 5) is 29.9. The Bertz CT molecular complexity index is 668. The van der Waals surface area contributed by atoms with Crippen molar-refractivity contribution in [1.29, 1.82) is 0 Å². The Morgan fingerprint density at radius 1 is 1.09 bits per heavy atom. The molecule has 5 heteroatoms. The molecule has 1 aliphatic rings. The monoisotopic (exact) mass is 295 g/mol. The number of carbonyl (C=O) groups is 2. The lowest BCUT2D eigenvalue weighted by molar-refractivity contribution is -0.119. The number of hydrogen-bond donors (Lipinski definition) is 1. The van der Waals surface area contributed by atoms with Crippen LogP contribution >= 0.6 is 0 Å². The zero-order valence-electron chi connectivity index (χ0n) is 12.2. The Labute approximate surface area is 129 Å². The highest BCUT2D eigenvalue weighted by Crippen LogP contribution is 2.21. The van der Waals surface area contributed by atoms with Crippen molar-refractivity contribution in [1.82, 2.24) is 4.98 Å². The zero-order valence-corrected chi connectivity index (χ0v) is 12.2. The molecule has 1 aromatic carbocycles. The third-order valence-electron chi connectivity index (χ3n) is 3.67. The van der Waals surface area contributed by atoms with Gasteiger partial charge in [0, 0.05) is 30.4 Å². The van der Waals surface area contributed by atoms with Crippen molar-refractivity contribution in [2.75, 3.05) is 16.8 Å². The Morgan fingerprint density at radius 2 is 1.91 bits per heavy atom. The normalized spacial score (nSPS) is 14.7. The summed E-state index contributed by atoms with van der Waals surface area (Å²) in [6.45, 7) is 0.748. The smallest absolute Gasteiger partial charge is 0.256 e. The lowest BCUT2D eigenvalue weighted by Gasteiger charge is -2.26. The van der Waals surface area contributed by atoms with Gasteiger partial charge < -0.3 is 10.2 Å². The van der Waals surface area contributed by atoms with Gasteiger partial charge in [-0.3, -0.25) is 9.59 Å². The number of benzene rings is 1. The standard InChI is InChI=1S/C17H17N3O2/c21-16-6-2-4-12-20(16)14-9-7-13(8-10-14)17(22)19-15-5-1-3-11-18-15/h1,3,5,7-11H,2,4,6,12H2,(H,18,19,22). The van der Waals surface area contributed by atoms with Crippen LogP contribution in [-0.2, 0) is 4.79 Å². The van der Waals surface area contributed by atoms with E-state index in [1.807, 2.05) is 18.2 Å². The SMILES string of the molecule is O=C(Nc1ccccn1)c1ccc(N2CCCCC2=O)cc1. The van der Waals surface area contributed by atoms with Gasteiger partial charge in [-0.15, -0.1) is 0 Å². The molecule has 5 nitrogen and oxygen atoms in total. The minimum absolute atomic E-state index is 0.150. The van der Waals surface area contributed by atoms with Gasteiger partial charge in [0.15, 0.2) is 0 Å². The van der Waals surface area contributed by atoms with Crippen LogP contribution in [0.1, 0.15) is 29.6 Å². The number of anilines is 2. The third-order valence-corrected chi connectivity index (χ3v) is 3.67. The van der Waals surface area contributed by atoms with E-state index in [2.05, 4.69) is 10.3 Å². The Kier molecular flexibility index (Phi) is 4.14. The number of nitrogens with one attached hydrogen (secondary N) is 1. The van der Waals surface area contributed by atoms with E-state index in [1.165, 1.54) is 0 Å². The van der Waals surface area contributed by atoms with E-state index in [0.717, 1.165) is 25.1 Å². The molecule has 0 spiro atoms. The van der Waals surface area contributed by atoms with E-state index in [1.54, 1.807) is 35.4 Å². The van der Waals surface area contributed by atoms with Crippen molar-refractivity contribution in [3.63, 3.8) is 0 Å². The molecule has 0 bridgehead atoms. The van der Waals surface area contributed by atoms with Crippen LogP contribution in [0, 0.1) is 0 Å². The van der Waals surface area contributed by atoms with Crippen LogP contribution in [0.15, 0.2) is 48.7 Å². The lowest BCUT2D eigenvalue weighted by Crippen LogP contribution is -2.35. The van der Waals surface area contributed by atoms with Crippen molar-refractivity contribution < 1.29 is 9.59 Å². The van der Waals surface area contributed by atoms with Crippen molar-refractivity contribution in [3.8, 4) is 0 Å². The molecule has 0 aliphatic carbocycles. The van der Waals surface area contributed by atoms with E-state index >= 15 is 0 Å². The van der Waals surface area contributed by atoms with Gasteiger partial charge >= 0.3 is 0 Å².